The number of ether oxygens (including phenoxy) is 1. The number of rotatable bonds is 9. The molecule has 0 saturated heterocycles. The predicted octanol–water partition coefficient (Wildman–Crippen LogP) is 4.43. The van der Waals surface area contributed by atoms with E-state index in [1.54, 1.807) is 0 Å². The maximum atomic E-state index is 10.6. The first-order chi connectivity index (χ1) is 8.47. The third-order valence-electron chi connectivity index (χ3n) is 2.97. The molecule has 0 aliphatic heterocycles. The fourth-order valence-electron chi connectivity index (χ4n) is 1.69. The standard InChI is InChI=1S/C16H26O2/c1-6-7-8-16(13(2)3)10-9-14(4)11-12-18-15(5)17/h6,9,16H,1-2,7-8,10-12H2,3-5H3/b14-9+/t16-/m0/s1. The molecule has 0 unspecified atom stereocenters. The number of allylic oxidation sites excluding steroid dienone is 3. The molecule has 0 rings (SSSR count). The molecule has 2 heteroatoms. The lowest BCUT2D eigenvalue weighted by atomic mass is 9.92. The summed E-state index contributed by atoms with van der Waals surface area (Å²) in [6.45, 7) is 13.9. The van der Waals surface area contributed by atoms with Crippen molar-refractivity contribution in [1.82, 2.24) is 0 Å². The Bertz CT molecular complexity index is 313. The van der Waals surface area contributed by atoms with Crippen molar-refractivity contribution >= 4 is 5.97 Å². The van der Waals surface area contributed by atoms with Gasteiger partial charge in [-0.25, -0.2) is 0 Å². The Morgan fingerprint density at radius 1 is 1.33 bits per heavy atom. The first-order valence-corrected chi connectivity index (χ1v) is 6.52. The summed E-state index contributed by atoms with van der Waals surface area (Å²) in [5.74, 6) is 0.306. The number of hydrogen-bond donors (Lipinski definition) is 0. The van der Waals surface area contributed by atoms with Gasteiger partial charge in [0.25, 0.3) is 0 Å². The quantitative estimate of drug-likeness (QED) is 0.447. The zero-order valence-electron chi connectivity index (χ0n) is 12.0. The number of hydrogen-bond acceptors (Lipinski definition) is 2. The second-order valence-electron chi connectivity index (χ2n) is 4.79. The highest BCUT2D eigenvalue weighted by Crippen LogP contribution is 2.21. The second-order valence-corrected chi connectivity index (χ2v) is 4.79. The van der Waals surface area contributed by atoms with E-state index in [4.69, 9.17) is 4.74 Å². The molecular weight excluding hydrogens is 224 g/mol. The summed E-state index contributed by atoms with van der Waals surface area (Å²) in [5.41, 5.74) is 2.49. The molecule has 0 aliphatic carbocycles. The van der Waals surface area contributed by atoms with Crippen LogP contribution in [0.4, 0.5) is 0 Å². The van der Waals surface area contributed by atoms with Crippen LogP contribution in [0, 0.1) is 5.92 Å². The molecule has 0 heterocycles. The molecule has 0 amide bonds. The van der Waals surface area contributed by atoms with E-state index in [1.165, 1.54) is 18.1 Å². The van der Waals surface area contributed by atoms with E-state index in [-0.39, 0.29) is 5.97 Å². The van der Waals surface area contributed by atoms with Crippen molar-refractivity contribution in [2.45, 2.75) is 46.5 Å². The molecule has 0 aliphatic rings. The second kappa shape index (κ2) is 9.69. The molecule has 0 aromatic rings. The predicted molar refractivity (Wildman–Crippen MR) is 77.4 cm³/mol. The zero-order valence-corrected chi connectivity index (χ0v) is 12.0. The molecule has 0 fully saturated rings. The Hall–Kier alpha value is -1.31. The van der Waals surface area contributed by atoms with Gasteiger partial charge in [0.1, 0.15) is 0 Å². The van der Waals surface area contributed by atoms with Gasteiger partial charge in [-0.05, 0) is 39.0 Å². The first kappa shape index (κ1) is 16.7. The molecule has 0 radical (unpaired) electrons. The molecular formula is C16H26O2. The largest absolute Gasteiger partial charge is 0.466 e. The monoisotopic (exact) mass is 250 g/mol. The van der Waals surface area contributed by atoms with Crippen LogP contribution in [0.2, 0.25) is 0 Å². The van der Waals surface area contributed by atoms with Crippen LogP contribution in [0.1, 0.15) is 46.5 Å². The lowest BCUT2D eigenvalue weighted by Crippen LogP contribution is -2.02. The maximum Gasteiger partial charge on any atom is 0.302 e. The normalized spacial score (nSPS) is 12.9. The van der Waals surface area contributed by atoms with Gasteiger partial charge in [0.2, 0.25) is 0 Å². The smallest absolute Gasteiger partial charge is 0.302 e. The number of carbonyl (C=O) groups is 1. The van der Waals surface area contributed by atoms with E-state index in [0.29, 0.717) is 12.5 Å². The summed E-state index contributed by atoms with van der Waals surface area (Å²) < 4.78 is 4.92. The molecule has 1 atom stereocenters. The van der Waals surface area contributed by atoms with E-state index >= 15 is 0 Å². The topological polar surface area (TPSA) is 26.3 Å². The Morgan fingerprint density at radius 2 is 2.00 bits per heavy atom. The number of carbonyl (C=O) groups excluding carboxylic acids is 1. The van der Waals surface area contributed by atoms with Crippen LogP contribution in [0.15, 0.2) is 36.5 Å². The molecule has 0 saturated carbocycles. The van der Waals surface area contributed by atoms with Crippen LogP contribution < -0.4 is 0 Å². The lowest BCUT2D eigenvalue weighted by Gasteiger charge is -2.14. The van der Waals surface area contributed by atoms with Crippen molar-refractivity contribution in [2.75, 3.05) is 6.61 Å². The molecule has 0 aromatic carbocycles. The fraction of sp³-hybridized carbons (Fsp3) is 0.562. The van der Waals surface area contributed by atoms with Gasteiger partial charge in [0.05, 0.1) is 6.61 Å². The van der Waals surface area contributed by atoms with Crippen molar-refractivity contribution in [1.29, 1.82) is 0 Å². The third kappa shape index (κ3) is 8.80. The van der Waals surface area contributed by atoms with Crippen LogP contribution in [0.3, 0.4) is 0 Å². The Balaban J connectivity index is 4.09. The van der Waals surface area contributed by atoms with Crippen molar-refractivity contribution < 1.29 is 9.53 Å². The maximum absolute atomic E-state index is 10.6. The van der Waals surface area contributed by atoms with E-state index in [0.717, 1.165) is 25.7 Å². The van der Waals surface area contributed by atoms with Crippen LogP contribution >= 0.6 is 0 Å². The van der Waals surface area contributed by atoms with Crippen LogP contribution in [-0.2, 0) is 9.53 Å². The Kier molecular flexibility index (Phi) is 8.99. The zero-order chi connectivity index (χ0) is 14.0. The molecule has 0 N–H and O–H groups in total. The van der Waals surface area contributed by atoms with E-state index < -0.39 is 0 Å². The van der Waals surface area contributed by atoms with E-state index in [9.17, 15) is 4.79 Å². The SMILES string of the molecule is C=CCC[C@@H](C/C=C(\C)CCOC(C)=O)C(=C)C. The Labute approximate surface area is 111 Å². The van der Waals surface area contributed by atoms with Crippen LogP contribution in [0.25, 0.3) is 0 Å². The summed E-state index contributed by atoms with van der Waals surface area (Å²) in [4.78, 5) is 10.6. The van der Waals surface area contributed by atoms with Crippen LogP contribution in [-0.4, -0.2) is 12.6 Å². The minimum atomic E-state index is -0.214. The van der Waals surface area contributed by atoms with Gasteiger partial charge >= 0.3 is 5.97 Å². The van der Waals surface area contributed by atoms with Crippen molar-refractivity contribution in [3.8, 4) is 0 Å². The Morgan fingerprint density at radius 3 is 2.50 bits per heavy atom. The highest BCUT2D eigenvalue weighted by atomic mass is 16.5. The van der Waals surface area contributed by atoms with Crippen molar-refractivity contribution in [3.05, 3.63) is 36.5 Å². The van der Waals surface area contributed by atoms with E-state index in [1.807, 2.05) is 6.08 Å². The molecule has 0 aromatic heterocycles. The van der Waals surface area contributed by atoms with Crippen LogP contribution in [0.5, 0.6) is 0 Å². The van der Waals surface area contributed by atoms with Gasteiger partial charge in [-0.15, -0.1) is 6.58 Å². The summed E-state index contributed by atoms with van der Waals surface area (Å²) in [5, 5.41) is 0. The van der Waals surface area contributed by atoms with Crippen molar-refractivity contribution in [2.24, 2.45) is 5.92 Å². The van der Waals surface area contributed by atoms with Gasteiger partial charge in [0, 0.05) is 13.3 Å². The van der Waals surface area contributed by atoms with E-state index in [2.05, 4.69) is 33.1 Å². The van der Waals surface area contributed by atoms with Gasteiger partial charge in [-0.2, -0.15) is 0 Å². The average molecular weight is 250 g/mol. The van der Waals surface area contributed by atoms with Gasteiger partial charge in [-0.3, -0.25) is 4.79 Å². The molecule has 0 spiro atoms. The highest BCUT2D eigenvalue weighted by molar-refractivity contribution is 5.65. The third-order valence-corrected chi connectivity index (χ3v) is 2.97. The molecule has 18 heavy (non-hydrogen) atoms. The average Bonchev–Trinajstić information content (AvgIpc) is 2.28. The minimum Gasteiger partial charge on any atom is -0.466 e. The summed E-state index contributed by atoms with van der Waals surface area (Å²) in [6, 6.07) is 0. The minimum absolute atomic E-state index is 0.214. The van der Waals surface area contributed by atoms with Gasteiger partial charge < -0.3 is 4.74 Å². The molecule has 0 bridgehead atoms. The fourth-order valence-corrected chi connectivity index (χ4v) is 1.69. The van der Waals surface area contributed by atoms with Crippen molar-refractivity contribution in [3.63, 3.8) is 0 Å². The summed E-state index contributed by atoms with van der Waals surface area (Å²) >= 11 is 0. The molecule has 2 nitrogen and oxygen atoms in total. The summed E-state index contributed by atoms with van der Waals surface area (Å²) in [6.07, 6.45) is 8.13. The first-order valence-electron chi connectivity index (χ1n) is 6.52. The van der Waals surface area contributed by atoms with Gasteiger partial charge in [-0.1, -0.05) is 29.9 Å². The lowest BCUT2D eigenvalue weighted by molar-refractivity contribution is -0.140. The summed E-state index contributed by atoms with van der Waals surface area (Å²) in [7, 11) is 0. The number of esters is 1. The highest BCUT2D eigenvalue weighted by Gasteiger charge is 2.07. The molecule has 102 valence electrons. The van der Waals surface area contributed by atoms with Gasteiger partial charge in [0.15, 0.2) is 0 Å².